The van der Waals surface area contributed by atoms with Crippen molar-refractivity contribution < 1.29 is 21.4 Å². The summed E-state index contributed by atoms with van der Waals surface area (Å²) in [5.41, 5.74) is 2.40. The molecule has 0 aliphatic heterocycles. The largest absolute Gasteiger partial charge is 0.473 e. The van der Waals surface area contributed by atoms with Gasteiger partial charge in [0.05, 0.1) is 26.3 Å². The molecule has 0 N–H and O–H groups in total. The van der Waals surface area contributed by atoms with Gasteiger partial charge in [-0.2, -0.15) is 0 Å². The summed E-state index contributed by atoms with van der Waals surface area (Å²) in [6, 6.07) is 10.2. The van der Waals surface area contributed by atoms with Crippen molar-refractivity contribution in [1.29, 1.82) is 0 Å². The van der Waals surface area contributed by atoms with Crippen molar-refractivity contribution in [3.63, 3.8) is 0 Å². The van der Waals surface area contributed by atoms with Crippen molar-refractivity contribution in [2.24, 2.45) is 5.92 Å². The normalized spacial score (nSPS) is 17.8. The van der Waals surface area contributed by atoms with Crippen molar-refractivity contribution in [2.75, 3.05) is 6.61 Å². The van der Waals surface area contributed by atoms with Gasteiger partial charge >= 0.3 is 5.97 Å². The van der Waals surface area contributed by atoms with Crippen molar-refractivity contribution >= 4 is 34.1 Å². The van der Waals surface area contributed by atoms with E-state index in [4.69, 9.17) is 28.2 Å². The Morgan fingerprint density at radius 3 is 3.03 bits per heavy atom. The summed E-state index contributed by atoms with van der Waals surface area (Å²) < 4.78 is 33.1. The number of hydrogen-bond acceptors (Lipinski definition) is 5. The lowest BCUT2D eigenvalue weighted by molar-refractivity contribution is -0.144. The quantitative estimate of drug-likeness (QED) is 0.420. The van der Waals surface area contributed by atoms with E-state index in [1.54, 1.807) is 30.3 Å². The minimum Gasteiger partial charge on any atom is -0.473 e. The van der Waals surface area contributed by atoms with Gasteiger partial charge in [-0.3, -0.25) is 4.79 Å². The second kappa shape index (κ2) is 9.35. The van der Waals surface area contributed by atoms with Crippen LogP contribution in [0.4, 0.5) is 0 Å². The Morgan fingerprint density at radius 1 is 1.33 bits per heavy atom. The highest BCUT2D eigenvalue weighted by molar-refractivity contribution is 6.35. The summed E-state index contributed by atoms with van der Waals surface area (Å²) in [6.45, 7) is 0.0421. The van der Waals surface area contributed by atoms with E-state index in [9.17, 15) is 4.79 Å². The maximum Gasteiger partial charge on any atom is 0.306 e. The molecule has 0 amide bonds. The molecule has 0 bridgehead atoms. The van der Waals surface area contributed by atoms with Gasteiger partial charge < -0.3 is 13.9 Å². The zero-order chi connectivity index (χ0) is 22.7. The Labute approximate surface area is 183 Å². The number of ether oxygens (including phenoxy) is 2. The number of aromatic nitrogens is 1. The summed E-state index contributed by atoms with van der Waals surface area (Å²) in [7, 11) is 0. The van der Waals surface area contributed by atoms with E-state index in [2.05, 4.69) is 11.1 Å². The first-order valence-corrected chi connectivity index (χ1v) is 10.4. The average Bonchev–Trinajstić information content (AvgIpc) is 3.25. The molecule has 0 radical (unpaired) electrons. The van der Waals surface area contributed by atoms with Crippen LogP contribution in [-0.4, -0.2) is 17.6 Å². The number of carbonyl (C=O) groups is 1. The summed E-state index contributed by atoms with van der Waals surface area (Å²) in [6.07, 6.45) is 6.44. The topological polar surface area (TPSA) is 61.6 Å². The first-order chi connectivity index (χ1) is 15.4. The molecule has 1 aromatic carbocycles. The SMILES string of the molecule is [2H]C([2H])(Oc1cccc(C2=CCC(CC(=O)OCC)CC2)n1)c1ccc(Cl)c2ccoc12. The number of carbonyl (C=O) groups excluding carboxylic acids is 1. The molecule has 30 heavy (non-hydrogen) atoms. The van der Waals surface area contributed by atoms with Crippen LogP contribution in [-0.2, 0) is 16.1 Å². The molecule has 156 valence electrons. The van der Waals surface area contributed by atoms with E-state index < -0.39 is 6.56 Å². The molecule has 3 aromatic rings. The van der Waals surface area contributed by atoms with Crippen LogP contribution in [0.3, 0.4) is 0 Å². The minimum atomic E-state index is -2.17. The van der Waals surface area contributed by atoms with Gasteiger partial charge in [0, 0.05) is 23.4 Å². The summed E-state index contributed by atoms with van der Waals surface area (Å²) in [4.78, 5) is 16.2. The number of esters is 1. The number of pyridine rings is 1. The molecule has 0 saturated carbocycles. The van der Waals surface area contributed by atoms with Crippen LogP contribution in [0.15, 0.2) is 53.2 Å². The van der Waals surface area contributed by atoms with Gasteiger partial charge in [0.15, 0.2) is 0 Å². The third-order valence-electron chi connectivity index (χ3n) is 5.16. The van der Waals surface area contributed by atoms with Gasteiger partial charge in [-0.05, 0) is 55.9 Å². The van der Waals surface area contributed by atoms with Crippen molar-refractivity contribution in [3.8, 4) is 5.88 Å². The highest BCUT2D eigenvalue weighted by atomic mass is 35.5. The van der Waals surface area contributed by atoms with Gasteiger partial charge in [0.1, 0.15) is 12.1 Å². The minimum absolute atomic E-state index is 0.155. The number of nitrogens with zero attached hydrogens (tertiary/aromatic N) is 1. The van der Waals surface area contributed by atoms with Gasteiger partial charge in [-0.1, -0.05) is 29.8 Å². The Morgan fingerprint density at radius 2 is 2.23 bits per heavy atom. The second-order valence-corrected chi connectivity index (χ2v) is 7.61. The molecule has 1 aliphatic carbocycles. The molecule has 0 fully saturated rings. The van der Waals surface area contributed by atoms with Crippen LogP contribution in [0.2, 0.25) is 5.02 Å². The Bertz CT molecular complexity index is 1160. The fraction of sp³-hybridized carbons (Fsp3) is 0.333. The third-order valence-corrected chi connectivity index (χ3v) is 5.49. The standard InChI is InChI=1S/C24H24ClNO4/c1-2-28-23(27)14-16-6-8-17(9-7-16)21-4-3-5-22(26-21)30-15-18-10-11-20(25)19-12-13-29-24(18)19/h3-5,8,10-13,16H,2,6-7,9,14-15H2,1H3/i15D2. The number of hydrogen-bond donors (Lipinski definition) is 0. The lowest BCUT2D eigenvalue weighted by atomic mass is 9.86. The Kier molecular flexibility index (Phi) is 5.61. The molecular weight excluding hydrogens is 402 g/mol. The van der Waals surface area contributed by atoms with Crippen LogP contribution in [0.1, 0.15) is 46.6 Å². The van der Waals surface area contributed by atoms with Crippen molar-refractivity contribution in [3.05, 3.63) is 65.0 Å². The lowest BCUT2D eigenvalue weighted by Gasteiger charge is -2.21. The van der Waals surface area contributed by atoms with E-state index in [0.717, 1.165) is 30.5 Å². The number of furan rings is 1. The van der Waals surface area contributed by atoms with Gasteiger partial charge in [-0.15, -0.1) is 0 Å². The molecule has 4 rings (SSSR count). The first kappa shape index (κ1) is 18.0. The van der Waals surface area contributed by atoms with Gasteiger partial charge in [0.25, 0.3) is 0 Å². The molecule has 5 nitrogen and oxygen atoms in total. The highest BCUT2D eigenvalue weighted by Crippen LogP contribution is 2.32. The van der Waals surface area contributed by atoms with Gasteiger partial charge in [-0.25, -0.2) is 4.98 Å². The smallest absolute Gasteiger partial charge is 0.306 e. The molecule has 2 aromatic heterocycles. The summed E-state index contributed by atoms with van der Waals surface area (Å²) in [5, 5.41) is 1.11. The first-order valence-electron chi connectivity index (χ1n) is 11.0. The van der Waals surface area contributed by atoms with Crippen LogP contribution in [0, 0.1) is 5.92 Å². The Balaban J connectivity index is 1.50. The molecule has 2 heterocycles. The number of fused-ring (bicyclic) bond motifs is 1. The second-order valence-electron chi connectivity index (χ2n) is 7.20. The number of allylic oxidation sites excluding steroid dienone is 2. The van der Waals surface area contributed by atoms with E-state index in [-0.39, 0.29) is 23.3 Å². The fourth-order valence-corrected chi connectivity index (χ4v) is 3.84. The number of halogens is 1. The molecular formula is C24H24ClNO4. The van der Waals surface area contributed by atoms with Crippen molar-refractivity contribution in [2.45, 2.75) is 39.2 Å². The summed E-state index contributed by atoms with van der Waals surface area (Å²) >= 11 is 6.17. The lowest BCUT2D eigenvalue weighted by Crippen LogP contribution is -2.14. The molecule has 1 unspecified atom stereocenters. The fourth-order valence-electron chi connectivity index (χ4n) is 3.63. The van der Waals surface area contributed by atoms with E-state index in [1.165, 1.54) is 6.26 Å². The summed E-state index contributed by atoms with van der Waals surface area (Å²) in [5.74, 6) is 0.293. The van der Waals surface area contributed by atoms with Gasteiger partial charge in [0.2, 0.25) is 5.88 Å². The van der Waals surface area contributed by atoms with Crippen LogP contribution in [0.25, 0.3) is 16.5 Å². The van der Waals surface area contributed by atoms with E-state index in [1.807, 2.05) is 13.0 Å². The monoisotopic (exact) mass is 427 g/mol. The van der Waals surface area contributed by atoms with Crippen LogP contribution in [0.5, 0.6) is 5.88 Å². The zero-order valence-corrected chi connectivity index (χ0v) is 17.4. The van der Waals surface area contributed by atoms with Crippen LogP contribution >= 0.6 is 11.6 Å². The molecule has 1 aliphatic rings. The number of benzene rings is 1. The molecule has 0 spiro atoms. The van der Waals surface area contributed by atoms with E-state index >= 15 is 0 Å². The van der Waals surface area contributed by atoms with Crippen molar-refractivity contribution in [1.82, 2.24) is 4.98 Å². The Hall–Kier alpha value is -2.79. The molecule has 6 heteroatoms. The van der Waals surface area contributed by atoms with Crippen LogP contribution < -0.4 is 4.74 Å². The molecule has 0 saturated heterocycles. The predicted molar refractivity (Wildman–Crippen MR) is 116 cm³/mol. The predicted octanol–water partition coefficient (Wildman–Crippen LogP) is 6.20. The zero-order valence-electron chi connectivity index (χ0n) is 18.7. The average molecular weight is 428 g/mol. The molecule has 1 atom stereocenters. The maximum atomic E-state index is 11.7. The highest BCUT2D eigenvalue weighted by Gasteiger charge is 2.20. The third kappa shape index (κ3) is 4.68. The van der Waals surface area contributed by atoms with E-state index in [0.29, 0.717) is 29.0 Å². The number of rotatable bonds is 7. The maximum absolute atomic E-state index is 11.7.